The Hall–Kier alpha value is -3.97. The number of nitrogens with zero attached hydrogens (tertiary/aromatic N) is 5. The Morgan fingerprint density at radius 2 is 2.00 bits per heavy atom. The summed E-state index contributed by atoms with van der Waals surface area (Å²) >= 11 is 0. The normalized spacial score (nSPS) is 19.4. The third-order valence-electron chi connectivity index (χ3n) is 6.56. The zero-order valence-corrected chi connectivity index (χ0v) is 20.5. The highest BCUT2D eigenvalue weighted by molar-refractivity contribution is 5.75. The number of anilines is 1. The number of ether oxygens (including phenoxy) is 2. The molecule has 1 saturated heterocycles. The zero-order chi connectivity index (χ0) is 25.2. The molecule has 2 N–H and O–H groups in total. The predicted octanol–water partition coefficient (Wildman–Crippen LogP) is 1.30. The summed E-state index contributed by atoms with van der Waals surface area (Å²) in [6, 6.07) is 9.87. The molecule has 0 aliphatic carbocycles. The molecule has 0 bridgehead atoms. The van der Waals surface area contributed by atoms with Crippen molar-refractivity contribution in [1.82, 2.24) is 18.7 Å². The lowest BCUT2D eigenvalue weighted by Crippen LogP contribution is -2.44. The van der Waals surface area contributed by atoms with Crippen molar-refractivity contribution in [3.8, 4) is 11.8 Å². The molecule has 1 fully saturated rings. The molecule has 0 saturated carbocycles. The first-order valence-electron chi connectivity index (χ1n) is 12.1. The number of fused-ring (bicyclic) bond motifs is 1. The van der Waals surface area contributed by atoms with E-state index in [4.69, 9.17) is 20.2 Å². The van der Waals surface area contributed by atoms with Gasteiger partial charge in [0.25, 0.3) is 5.56 Å². The number of hydrogen-bond donors (Lipinski definition) is 1. The Bertz CT molecular complexity index is 1470. The number of rotatable bonds is 6. The van der Waals surface area contributed by atoms with Crippen LogP contribution in [0.25, 0.3) is 11.2 Å². The second kappa shape index (κ2) is 9.95. The molecule has 10 nitrogen and oxygen atoms in total. The van der Waals surface area contributed by atoms with Gasteiger partial charge in [-0.2, -0.15) is 4.98 Å². The maximum absolute atomic E-state index is 13.7. The van der Waals surface area contributed by atoms with Crippen LogP contribution in [0.2, 0.25) is 0 Å². The van der Waals surface area contributed by atoms with Gasteiger partial charge < -0.3 is 20.1 Å². The van der Waals surface area contributed by atoms with Crippen molar-refractivity contribution >= 4 is 17.1 Å². The van der Waals surface area contributed by atoms with E-state index < -0.39 is 17.5 Å². The molecule has 2 atom stereocenters. The molecule has 3 aromatic rings. The molecule has 1 aromatic carbocycles. The number of aryl methyl sites for hydroxylation is 1. The minimum Gasteiger partial charge on any atom is -0.459 e. The summed E-state index contributed by atoms with van der Waals surface area (Å²) in [7, 11) is 1.62. The van der Waals surface area contributed by atoms with Crippen LogP contribution in [-0.4, -0.2) is 44.1 Å². The summed E-state index contributed by atoms with van der Waals surface area (Å²) in [6.07, 6.45) is 3.40. The lowest BCUT2D eigenvalue weighted by Gasteiger charge is -2.31. The number of piperidine rings is 1. The maximum Gasteiger partial charge on any atom is 0.332 e. The lowest BCUT2D eigenvalue weighted by atomic mass is 10.1. The van der Waals surface area contributed by atoms with Gasteiger partial charge >= 0.3 is 5.69 Å². The molecular formula is C26H30N6O4. The van der Waals surface area contributed by atoms with Gasteiger partial charge in [0.05, 0.1) is 13.1 Å². The van der Waals surface area contributed by atoms with Crippen LogP contribution < -0.4 is 21.9 Å². The van der Waals surface area contributed by atoms with E-state index in [1.165, 1.54) is 10.8 Å². The van der Waals surface area contributed by atoms with Crippen LogP contribution in [0.1, 0.15) is 25.3 Å². The fourth-order valence-electron chi connectivity index (χ4n) is 4.74. The average molecular weight is 491 g/mol. The molecule has 1 unspecified atom stereocenters. The zero-order valence-electron chi connectivity index (χ0n) is 20.5. The molecule has 188 valence electrons. The fraction of sp³-hybridized carbons (Fsp3) is 0.423. The smallest absolute Gasteiger partial charge is 0.332 e. The van der Waals surface area contributed by atoms with Crippen molar-refractivity contribution in [1.29, 1.82) is 0 Å². The van der Waals surface area contributed by atoms with Gasteiger partial charge in [0.1, 0.15) is 6.26 Å². The minimum absolute atomic E-state index is 0.0278. The highest BCUT2D eigenvalue weighted by atomic mass is 16.7. The first kappa shape index (κ1) is 23.8. The summed E-state index contributed by atoms with van der Waals surface area (Å²) in [5.74, 6) is 6.95. The Morgan fingerprint density at radius 3 is 2.75 bits per heavy atom. The summed E-state index contributed by atoms with van der Waals surface area (Å²) in [4.78, 5) is 33.7. The molecule has 2 aliphatic rings. The van der Waals surface area contributed by atoms with Crippen LogP contribution in [0.4, 0.5) is 5.95 Å². The van der Waals surface area contributed by atoms with E-state index in [0.717, 1.165) is 29.5 Å². The Kier molecular flexibility index (Phi) is 6.57. The molecule has 0 amide bonds. The van der Waals surface area contributed by atoms with Gasteiger partial charge in [0.2, 0.25) is 12.2 Å². The summed E-state index contributed by atoms with van der Waals surface area (Å²) in [5, 5.41) is 0. The summed E-state index contributed by atoms with van der Waals surface area (Å²) in [6.45, 7) is 3.40. The quantitative estimate of drug-likeness (QED) is 0.519. The first-order chi connectivity index (χ1) is 17.5. The SMILES string of the molecule is CC#CCn1c(N2CCC[C@@H](N)C2)nc2c1c(=O)n(CC1=COC(Cc3ccccc3)O1)c(=O)n2C. The third-order valence-corrected chi connectivity index (χ3v) is 6.56. The van der Waals surface area contributed by atoms with Gasteiger partial charge in [0, 0.05) is 32.6 Å². The highest BCUT2D eigenvalue weighted by Gasteiger charge is 2.27. The molecule has 2 aromatic heterocycles. The van der Waals surface area contributed by atoms with Crippen LogP contribution in [-0.2, 0) is 36.0 Å². The molecule has 5 rings (SSSR count). The van der Waals surface area contributed by atoms with Gasteiger partial charge in [-0.05, 0) is 25.3 Å². The topological polar surface area (TPSA) is 110 Å². The van der Waals surface area contributed by atoms with Gasteiger partial charge in [-0.1, -0.05) is 36.3 Å². The van der Waals surface area contributed by atoms with Crippen LogP contribution in [0.5, 0.6) is 0 Å². The lowest BCUT2D eigenvalue weighted by molar-refractivity contribution is -0.0324. The number of hydrogen-bond acceptors (Lipinski definition) is 7. The number of imidazole rings is 1. The first-order valence-corrected chi connectivity index (χ1v) is 12.1. The second-order valence-electron chi connectivity index (χ2n) is 9.14. The van der Waals surface area contributed by atoms with E-state index in [0.29, 0.717) is 35.8 Å². The minimum atomic E-state index is -0.508. The van der Waals surface area contributed by atoms with Crippen molar-refractivity contribution in [3.05, 3.63) is 68.8 Å². The Morgan fingerprint density at radius 1 is 1.19 bits per heavy atom. The highest BCUT2D eigenvalue weighted by Crippen LogP contribution is 2.23. The van der Waals surface area contributed by atoms with Gasteiger partial charge in [-0.25, -0.2) is 4.79 Å². The van der Waals surface area contributed by atoms with Gasteiger partial charge in [0.15, 0.2) is 16.9 Å². The number of benzene rings is 1. The molecule has 4 heterocycles. The average Bonchev–Trinajstić information content (AvgIpc) is 3.49. The van der Waals surface area contributed by atoms with Crippen LogP contribution in [0.3, 0.4) is 0 Å². The van der Waals surface area contributed by atoms with Gasteiger partial charge in [-0.15, -0.1) is 5.92 Å². The van der Waals surface area contributed by atoms with E-state index >= 15 is 0 Å². The summed E-state index contributed by atoms with van der Waals surface area (Å²) in [5.41, 5.74) is 7.01. The second-order valence-corrected chi connectivity index (χ2v) is 9.14. The molecule has 0 spiro atoms. The van der Waals surface area contributed by atoms with Crippen LogP contribution in [0.15, 0.2) is 51.9 Å². The van der Waals surface area contributed by atoms with Crippen LogP contribution >= 0.6 is 0 Å². The van der Waals surface area contributed by atoms with Crippen molar-refractivity contribution in [2.24, 2.45) is 12.8 Å². The molecular weight excluding hydrogens is 460 g/mol. The number of allylic oxidation sites excluding steroid dienone is 1. The van der Waals surface area contributed by atoms with E-state index in [2.05, 4.69) is 16.7 Å². The van der Waals surface area contributed by atoms with E-state index in [9.17, 15) is 9.59 Å². The summed E-state index contributed by atoms with van der Waals surface area (Å²) < 4.78 is 15.9. The fourth-order valence-corrected chi connectivity index (χ4v) is 4.74. The van der Waals surface area contributed by atoms with E-state index in [-0.39, 0.29) is 19.1 Å². The largest absolute Gasteiger partial charge is 0.459 e. The Labute approximate surface area is 208 Å². The molecule has 36 heavy (non-hydrogen) atoms. The van der Waals surface area contributed by atoms with Crippen molar-refractivity contribution in [2.75, 3.05) is 18.0 Å². The maximum atomic E-state index is 13.7. The van der Waals surface area contributed by atoms with Crippen molar-refractivity contribution < 1.29 is 9.47 Å². The van der Waals surface area contributed by atoms with Crippen molar-refractivity contribution in [2.45, 2.75) is 51.6 Å². The van der Waals surface area contributed by atoms with E-state index in [1.54, 1.807) is 18.5 Å². The van der Waals surface area contributed by atoms with Crippen LogP contribution in [0, 0.1) is 11.8 Å². The molecule has 0 radical (unpaired) electrons. The number of nitrogens with two attached hydrogens (primary N) is 1. The number of aromatic nitrogens is 4. The Balaban J connectivity index is 1.49. The predicted molar refractivity (Wildman–Crippen MR) is 136 cm³/mol. The van der Waals surface area contributed by atoms with E-state index in [1.807, 2.05) is 30.3 Å². The molecule has 10 heteroatoms. The van der Waals surface area contributed by atoms with Crippen molar-refractivity contribution in [3.63, 3.8) is 0 Å². The van der Waals surface area contributed by atoms with Gasteiger partial charge in [-0.3, -0.25) is 18.5 Å². The molecule has 2 aliphatic heterocycles. The monoisotopic (exact) mass is 490 g/mol. The third kappa shape index (κ3) is 4.50. The standard InChI is InChI=1S/C26H30N6O4/c1-3-4-13-31-22-23(28-25(31)30-12-8-11-19(27)15-30)29(2)26(34)32(24(22)33)16-20-17-35-21(36-20)14-18-9-6-5-7-10-18/h5-7,9-10,17,19,21H,8,11-16,27H2,1-2H3/t19-,21?/m1/s1.